The quantitative estimate of drug-likeness (QED) is 0.339. The van der Waals surface area contributed by atoms with Gasteiger partial charge >= 0.3 is 11.9 Å². The molecule has 0 fully saturated rings. The predicted octanol–water partition coefficient (Wildman–Crippen LogP) is 3.78. The van der Waals surface area contributed by atoms with Crippen LogP contribution in [-0.4, -0.2) is 17.0 Å². The van der Waals surface area contributed by atoms with Gasteiger partial charge in [0.05, 0.1) is 5.56 Å². The summed E-state index contributed by atoms with van der Waals surface area (Å²) in [6, 6.07) is 8.35. The molecule has 4 heteroatoms. The van der Waals surface area contributed by atoms with Crippen molar-refractivity contribution in [1.29, 1.82) is 0 Å². The first-order valence-corrected chi connectivity index (χ1v) is 6.85. The van der Waals surface area contributed by atoms with E-state index in [0.29, 0.717) is 12.0 Å². The molecule has 0 spiro atoms. The number of ether oxygens (including phenoxy) is 1. The Balaban J connectivity index is 2.57. The second-order valence-corrected chi connectivity index (χ2v) is 4.48. The van der Waals surface area contributed by atoms with Crippen molar-refractivity contribution in [3.05, 3.63) is 47.7 Å². The number of hydrogen-bond acceptors (Lipinski definition) is 3. The predicted molar refractivity (Wildman–Crippen MR) is 76.3 cm³/mol. The fourth-order valence-electron chi connectivity index (χ4n) is 1.71. The number of carboxylic acids is 1. The van der Waals surface area contributed by atoms with Gasteiger partial charge in [0, 0.05) is 0 Å². The summed E-state index contributed by atoms with van der Waals surface area (Å²) in [4.78, 5) is 22.8. The number of unbranched alkanes of at least 4 members (excludes halogenated alkanes) is 4. The Kier molecular flexibility index (Phi) is 7.11. The highest BCUT2D eigenvalue weighted by atomic mass is 16.6. The molecule has 0 aliphatic rings. The van der Waals surface area contributed by atoms with Crippen LogP contribution in [0.4, 0.5) is 0 Å². The van der Waals surface area contributed by atoms with Crippen LogP contribution in [0.15, 0.2) is 42.2 Å². The fourth-order valence-corrected chi connectivity index (χ4v) is 1.71. The number of aliphatic carboxylic acids is 1. The van der Waals surface area contributed by atoms with Gasteiger partial charge in [-0.25, -0.2) is 9.59 Å². The number of carbonyl (C=O) groups is 2. The van der Waals surface area contributed by atoms with Crippen molar-refractivity contribution >= 4 is 11.9 Å². The molecule has 0 aromatic heterocycles. The third-order valence-electron chi connectivity index (χ3n) is 2.81. The van der Waals surface area contributed by atoms with E-state index in [-0.39, 0.29) is 5.76 Å². The van der Waals surface area contributed by atoms with E-state index in [4.69, 9.17) is 9.84 Å². The van der Waals surface area contributed by atoms with Gasteiger partial charge in [-0.2, -0.15) is 0 Å². The molecular weight excluding hydrogens is 256 g/mol. The minimum Gasteiger partial charge on any atom is -0.475 e. The average molecular weight is 276 g/mol. The van der Waals surface area contributed by atoms with Gasteiger partial charge in [-0.15, -0.1) is 0 Å². The first-order valence-electron chi connectivity index (χ1n) is 6.85. The van der Waals surface area contributed by atoms with Crippen molar-refractivity contribution in [2.75, 3.05) is 0 Å². The van der Waals surface area contributed by atoms with Crippen molar-refractivity contribution < 1.29 is 19.4 Å². The second kappa shape index (κ2) is 8.91. The monoisotopic (exact) mass is 276 g/mol. The Morgan fingerprint density at radius 1 is 1.15 bits per heavy atom. The molecule has 0 saturated carbocycles. The minimum atomic E-state index is -1.22. The Morgan fingerprint density at radius 3 is 2.45 bits per heavy atom. The summed E-state index contributed by atoms with van der Waals surface area (Å²) in [7, 11) is 0. The van der Waals surface area contributed by atoms with Crippen LogP contribution in [0.25, 0.3) is 0 Å². The number of rotatable bonds is 8. The SMILES string of the molecule is CCCCCC/C=C(/OC(=O)c1ccccc1)C(=O)O. The number of esters is 1. The standard InChI is InChI=1S/C16H20O4/c1-2-3-4-5-9-12-14(15(17)18)20-16(19)13-10-7-6-8-11-13/h6-8,10-12H,2-5,9H2,1H3,(H,17,18)/b14-12+. The van der Waals surface area contributed by atoms with E-state index in [2.05, 4.69) is 6.92 Å². The molecule has 108 valence electrons. The molecule has 1 rings (SSSR count). The van der Waals surface area contributed by atoms with Gasteiger partial charge in [-0.05, 0) is 31.1 Å². The topological polar surface area (TPSA) is 63.6 Å². The van der Waals surface area contributed by atoms with Crippen LogP contribution in [0.1, 0.15) is 49.4 Å². The summed E-state index contributed by atoms with van der Waals surface area (Å²) in [5.74, 6) is -2.16. The lowest BCUT2D eigenvalue weighted by Gasteiger charge is -2.05. The third kappa shape index (κ3) is 5.69. The zero-order valence-corrected chi connectivity index (χ0v) is 11.7. The summed E-state index contributed by atoms with van der Waals surface area (Å²) < 4.78 is 4.93. The van der Waals surface area contributed by atoms with Crippen LogP contribution in [0.5, 0.6) is 0 Å². The maximum atomic E-state index is 11.8. The highest BCUT2D eigenvalue weighted by Gasteiger charge is 2.15. The van der Waals surface area contributed by atoms with E-state index >= 15 is 0 Å². The molecule has 0 radical (unpaired) electrons. The highest BCUT2D eigenvalue weighted by Crippen LogP contribution is 2.10. The van der Waals surface area contributed by atoms with Gasteiger partial charge in [0.25, 0.3) is 0 Å². The minimum absolute atomic E-state index is 0.296. The number of allylic oxidation sites excluding steroid dienone is 1. The van der Waals surface area contributed by atoms with Crippen molar-refractivity contribution in [1.82, 2.24) is 0 Å². The van der Waals surface area contributed by atoms with E-state index in [1.807, 2.05) is 0 Å². The summed E-state index contributed by atoms with van der Waals surface area (Å²) in [5, 5.41) is 9.03. The van der Waals surface area contributed by atoms with Gasteiger partial charge in [0.15, 0.2) is 0 Å². The maximum Gasteiger partial charge on any atom is 0.371 e. The van der Waals surface area contributed by atoms with Crippen LogP contribution in [0.2, 0.25) is 0 Å². The van der Waals surface area contributed by atoms with Crippen molar-refractivity contribution in [2.24, 2.45) is 0 Å². The summed E-state index contributed by atoms with van der Waals surface area (Å²) in [6.07, 6.45) is 6.26. The highest BCUT2D eigenvalue weighted by molar-refractivity contribution is 5.94. The van der Waals surface area contributed by atoms with E-state index in [0.717, 1.165) is 25.7 Å². The van der Waals surface area contributed by atoms with Crippen LogP contribution in [0.3, 0.4) is 0 Å². The van der Waals surface area contributed by atoms with Gasteiger partial charge in [-0.1, -0.05) is 44.4 Å². The molecule has 20 heavy (non-hydrogen) atoms. The van der Waals surface area contributed by atoms with E-state index in [1.165, 1.54) is 6.08 Å². The zero-order valence-electron chi connectivity index (χ0n) is 11.7. The number of carbonyl (C=O) groups excluding carboxylic acids is 1. The number of carboxylic acid groups (broad SMARTS) is 1. The second-order valence-electron chi connectivity index (χ2n) is 4.48. The molecule has 0 heterocycles. The van der Waals surface area contributed by atoms with E-state index < -0.39 is 11.9 Å². The summed E-state index contributed by atoms with van der Waals surface area (Å²) in [5.41, 5.74) is 0.339. The molecule has 0 bridgehead atoms. The summed E-state index contributed by atoms with van der Waals surface area (Å²) >= 11 is 0. The smallest absolute Gasteiger partial charge is 0.371 e. The van der Waals surface area contributed by atoms with Gasteiger partial charge in [-0.3, -0.25) is 0 Å². The third-order valence-corrected chi connectivity index (χ3v) is 2.81. The van der Waals surface area contributed by atoms with Crippen molar-refractivity contribution in [3.63, 3.8) is 0 Å². The molecule has 0 unspecified atom stereocenters. The zero-order chi connectivity index (χ0) is 14.8. The number of benzene rings is 1. The van der Waals surface area contributed by atoms with Crippen LogP contribution >= 0.6 is 0 Å². The van der Waals surface area contributed by atoms with Crippen molar-refractivity contribution in [3.8, 4) is 0 Å². The first kappa shape index (κ1) is 16.0. The molecule has 0 aliphatic heterocycles. The Labute approximate surface area is 119 Å². The molecule has 1 N–H and O–H groups in total. The lowest BCUT2D eigenvalue weighted by molar-refractivity contribution is -0.135. The molecular formula is C16H20O4. The number of hydrogen-bond donors (Lipinski definition) is 1. The molecule has 0 saturated heterocycles. The molecule has 0 aliphatic carbocycles. The van der Waals surface area contributed by atoms with Gasteiger partial charge < -0.3 is 9.84 Å². The molecule has 4 nitrogen and oxygen atoms in total. The fraction of sp³-hybridized carbons (Fsp3) is 0.375. The van der Waals surface area contributed by atoms with Gasteiger partial charge in [0.1, 0.15) is 0 Å². The Morgan fingerprint density at radius 2 is 1.85 bits per heavy atom. The molecule has 1 aromatic rings. The molecule has 0 atom stereocenters. The Hall–Kier alpha value is -2.10. The normalized spacial score (nSPS) is 11.2. The van der Waals surface area contributed by atoms with Gasteiger partial charge in [0.2, 0.25) is 5.76 Å². The molecule has 0 amide bonds. The Bertz CT molecular complexity index is 463. The summed E-state index contributed by atoms with van der Waals surface area (Å²) in [6.45, 7) is 2.11. The average Bonchev–Trinajstić information content (AvgIpc) is 2.46. The van der Waals surface area contributed by atoms with Crippen molar-refractivity contribution in [2.45, 2.75) is 39.0 Å². The lowest BCUT2D eigenvalue weighted by Crippen LogP contribution is -2.11. The van der Waals surface area contributed by atoms with E-state index in [9.17, 15) is 9.59 Å². The van der Waals surface area contributed by atoms with E-state index in [1.54, 1.807) is 30.3 Å². The van der Waals surface area contributed by atoms with Crippen LogP contribution in [0, 0.1) is 0 Å². The largest absolute Gasteiger partial charge is 0.475 e. The van der Waals surface area contributed by atoms with Crippen LogP contribution in [-0.2, 0) is 9.53 Å². The first-order chi connectivity index (χ1) is 9.65. The lowest BCUT2D eigenvalue weighted by atomic mass is 10.1. The maximum absolute atomic E-state index is 11.8. The molecule has 1 aromatic carbocycles. The van der Waals surface area contributed by atoms with Crippen LogP contribution < -0.4 is 0 Å².